The second kappa shape index (κ2) is 5.32. The van der Waals surface area contributed by atoms with Gasteiger partial charge in [-0.1, -0.05) is 0 Å². The summed E-state index contributed by atoms with van der Waals surface area (Å²) in [6.07, 6.45) is 5.17. The quantitative estimate of drug-likeness (QED) is 0.858. The summed E-state index contributed by atoms with van der Waals surface area (Å²) in [7, 11) is 4.10. The molecule has 0 saturated heterocycles. The van der Waals surface area contributed by atoms with Crippen molar-refractivity contribution in [1.29, 1.82) is 0 Å². The number of aromatic nitrogens is 3. The van der Waals surface area contributed by atoms with Gasteiger partial charge in [0.1, 0.15) is 5.52 Å². The van der Waals surface area contributed by atoms with E-state index < -0.39 is 0 Å². The predicted octanol–water partition coefficient (Wildman–Crippen LogP) is 1.46. The van der Waals surface area contributed by atoms with Gasteiger partial charge >= 0.3 is 5.52 Å². The minimum atomic E-state index is 0.655. The smallest absolute Gasteiger partial charge is 0.309 e. The second-order valence-corrected chi connectivity index (χ2v) is 5.83. The lowest BCUT2D eigenvalue weighted by molar-refractivity contribution is -0.537. The molecule has 2 aromatic rings. The van der Waals surface area contributed by atoms with Crippen molar-refractivity contribution in [2.24, 2.45) is 0 Å². The Hall–Kier alpha value is -1.75. The maximum absolute atomic E-state index is 12.1. The van der Waals surface area contributed by atoms with Gasteiger partial charge in [0.15, 0.2) is 10.4 Å². The summed E-state index contributed by atoms with van der Waals surface area (Å²) in [5.41, 5.74) is 4.13. The number of benzene rings is 1. The molecule has 0 fully saturated rings. The second-order valence-electron chi connectivity index (χ2n) is 5.83. The van der Waals surface area contributed by atoms with E-state index in [2.05, 4.69) is 35.1 Å². The van der Waals surface area contributed by atoms with Gasteiger partial charge in [-0.2, -0.15) is 0 Å². The maximum Gasteiger partial charge on any atom is 0.318 e. The van der Waals surface area contributed by atoms with E-state index in [9.17, 15) is 4.91 Å². The lowest BCUT2D eigenvalue weighted by Gasteiger charge is -2.07. The van der Waals surface area contributed by atoms with Gasteiger partial charge in [-0.15, -0.1) is 5.10 Å². The molecule has 0 unspecified atom stereocenters. The highest BCUT2D eigenvalue weighted by molar-refractivity contribution is 5.73. The van der Waals surface area contributed by atoms with E-state index in [-0.39, 0.29) is 0 Å². The molecule has 0 aliphatic heterocycles. The van der Waals surface area contributed by atoms with Crippen molar-refractivity contribution in [3.63, 3.8) is 0 Å². The van der Waals surface area contributed by atoms with Crippen molar-refractivity contribution in [1.82, 2.24) is 15.0 Å². The number of hydrogen-bond donors (Lipinski definition) is 1. The highest BCUT2D eigenvalue weighted by Crippen LogP contribution is 2.24. The number of rotatable bonds is 4. The van der Waals surface area contributed by atoms with Crippen molar-refractivity contribution in [3.8, 4) is 0 Å². The zero-order chi connectivity index (χ0) is 14.1. The molecular formula is C15H21N4O+. The van der Waals surface area contributed by atoms with Crippen LogP contribution in [0, 0.1) is 4.91 Å². The molecule has 5 heteroatoms. The standard InChI is InChI=1S/C15H21N4O/c1-18(2)8-4-7-15-16-13-9-11-5-3-6-12(11)10-14(13)19(20)17-15/h9-10H,3-8H2,1-2H3,(H,16,17,20)/q+1. The Bertz CT molecular complexity index is 690. The molecule has 3 rings (SSSR count). The third kappa shape index (κ3) is 2.58. The van der Waals surface area contributed by atoms with Crippen LogP contribution in [0.3, 0.4) is 0 Å². The van der Waals surface area contributed by atoms with Gasteiger partial charge in [-0.05, 0) is 63.5 Å². The normalized spacial score (nSPS) is 14.2. The van der Waals surface area contributed by atoms with Crippen LogP contribution in [0.2, 0.25) is 0 Å². The first kappa shape index (κ1) is 13.2. The summed E-state index contributed by atoms with van der Waals surface area (Å²) in [6, 6.07) is 4.09. The summed E-state index contributed by atoms with van der Waals surface area (Å²) in [5.74, 6) is 0.771. The fraction of sp³-hybridized carbons (Fsp3) is 0.533. The van der Waals surface area contributed by atoms with Crippen LogP contribution in [0.4, 0.5) is 0 Å². The average molecular weight is 273 g/mol. The van der Waals surface area contributed by atoms with E-state index in [1.807, 2.05) is 6.07 Å². The van der Waals surface area contributed by atoms with E-state index in [0.717, 1.165) is 48.1 Å². The Balaban J connectivity index is 1.93. The lowest BCUT2D eigenvalue weighted by atomic mass is 10.1. The largest absolute Gasteiger partial charge is 0.318 e. The van der Waals surface area contributed by atoms with Crippen LogP contribution in [0.1, 0.15) is 29.8 Å². The molecule has 20 heavy (non-hydrogen) atoms. The molecule has 1 aliphatic carbocycles. The first-order valence-corrected chi connectivity index (χ1v) is 7.25. The molecule has 0 amide bonds. The molecule has 1 heterocycles. The highest BCUT2D eigenvalue weighted by atomic mass is 16.3. The molecule has 0 spiro atoms. The summed E-state index contributed by atoms with van der Waals surface area (Å²) >= 11 is 0. The third-order valence-corrected chi connectivity index (χ3v) is 3.91. The van der Waals surface area contributed by atoms with Crippen LogP contribution in [-0.4, -0.2) is 35.6 Å². The van der Waals surface area contributed by atoms with Crippen LogP contribution >= 0.6 is 0 Å². The minimum Gasteiger partial charge on any atom is -0.309 e. The van der Waals surface area contributed by atoms with Crippen molar-refractivity contribution < 1.29 is 4.54 Å². The number of nitrogens with zero attached hydrogens (tertiary/aromatic N) is 3. The van der Waals surface area contributed by atoms with Crippen LogP contribution in [0.15, 0.2) is 12.1 Å². The number of aromatic amines is 1. The third-order valence-electron chi connectivity index (χ3n) is 3.91. The molecule has 1 aliphatic rings. The molecule has 0 saturated carbocycles. The van der Waals surface area contributed by atoms with Crippen molar-refractivity contribution in [2.75, 3.05) is 20.6 Å². The Morgan fingerprint density at radius 3 is 2.80 bits per heavy atom. The summed E-state index contributed by atoms with van der Waals surface area (Å²) in [5, 5.41) is 2.85. The molecule has 1 aromatic carbocycles. The fourth-order valence-corrected chi connectivity index (χ4v) is 2.87. The average Bonchev–Trinajstić information content (AvgIpc) is 2.83. The number of hydrogen-bond acceptors (Lipinski definition) is 3. The van der Waals surface area contributed by atoms with Crippen molar-refractivity contribution in [3.05, 3.63) is 34.0 Å². The molecular weight excluding hydrogens is 252 g/mol. The Morgan fingerprint density at radius 1 is 1.30 bits per heavy atom. The van der Waals surface area contributed by atoms with Crippen LogP contribution in [0.5, 0.6) is 0 Å². The molecule has 106 valence electrons. The van der Waals surface area contributed by atoms with Gasteiger partial charge in [0.05, 0.1) is 4.91 Å². The summed E-state index contributed by atoms with van der Waals surface area (Å²) in [4.78, 5) is 18.9. The number of aryl methyl sites for hydroxylation is 3. The van der Waals surface area contributed by atoms with Gasteiger partial charge in [-0.3, -0.25) is 0 Å². The van der Waals surface area contributed by atoms with E-state index in [0.29, 0.717) is 5.52 Å². The molecule has 1 N–H and O–H groups in total. The summed E-state index contributed by atoms with van der Waals surface area (Å²) in [6.45, 7) is 0.997. The van der Waals surface area contributed by atoms with E-state index in [1.165, 1.54) is 17.5 Å². The monoisotopic (exact) mass is 273 g/mol. The Kier molecular flexibility index (Phi) is 3.53. The molecule has 0 atom stereocenters. The van der Waals surface area contributed by atoms with Crippen molar-refractivity contribution in [2.45, 2.75) is 32.1 Å². The fourth-order valence-electron chi connectivity index (χ4n) is 2.87. The predicted molar refractivity (Wildman–Crippen MR) is 78.4 cm³/mol. The molecule has 1 aromatic heterocycles. The minimum absolute atomic E-state index is 0.655. The van der Waals surface area contributed by atoms with Crippen molar-refractivity contribution >= 4 is 11.0 Å². The van der Waals surface area contributed by atoms with Crippen LogP contribution < -0.4 is 4.54 Å². The van der Waals surface area contributed by atoms with E-state index in [4.69, 9.17) is 0 Å². The zero-order valence-corrected chi connectivity index (χ0v) is 12.1. The Labute approximate surface area is 118 Å². The van der Waals surface area contributed by atoms with Gasteiger partial charge in [0, 0.05) is 12.5 Å². The first-order valence-electron chi connectivity index (χ1n) is 7.25. The van der Waals surface area contributed by atoms with E-state index in [1.54, 1.807) is 0 Å². The zero-order valence-electron chi connectivity index (χ0n) is 12.1. The van der Waals surface area contributed by atoms with Crippen LogP contribution in [0.25, 0.3) is 11.0 Å². The van der Waals surface area contributed by atoms with Gasteiger partial charge in [-0.25, -0.2) is 4.98 Å². The SMILES string of the molecule is CN(C)CCCc1nc2cc3c(cc2[n+](=O)[nH]1)CCC3. The molecule has 0 bridgehead atoms. The maximum atomic E-state index is 12.1. The first-order chi connectivity index (χ1) is 9.63. The molecule has 5 nitrogen and oxygen atoms in total. The number of fused-ring (bicyclic) bond motifs is 2. The van der Waals surface area contributed by atoms with E-state index >= 15 is 0 Å². The number of H-pyrrole nitrogens is 1. The molecule has 0 radical (unpaired) electrons. The van der Waals surface area contributed by atoms with Crippen LogP contribution in [-0.2, 0) is 19.3 Å². The summed E-state index contributed by atoms with van der Waals surface area (Å²) < 4.78 is 0.867. The Morgan fingerprint density at radius 2 is 2.05 bits per heavy atom. The van der Waals surface area contributed by atoms with Gasteiger partial charge < -0.3 is 4.90 Å². The topological polar surface area (TPSA) is 54.9 Å². The van der Waals surface area contributed by atoms with Gasteiger partial charge in [0.2, 0.25) is 0 Å². The highest BCUT2D eigenvalue weighted by Gasteiger charge is 2.18. The van der Waals surface area contributed by atoms with Gasteiger partial charge in [0.25, 0.3) is 0 Å². The number of nitrogens with one attached hydrogen (secondary N) is 1. The lowest BCUT2D eigenvalue weighted by Crippen LogP contribution is -2.24.